The van der Waals surface area contributed by atoms with E-state index in [1.165, 1.54) is 49.8 Å². The van der Waals surface area contributed by atoms with Gasteiger partial charge in [-0.2, -0.15) is 0 Å². The Bertz CT molecular complexity index is 345. The summed E-state index contributed by atoms with van der Waals surface area (Å²) >= 11 is 0. The summed E-state index contributed by atoms with van der Waals surface area (Å²) in [5.41, 5.74) is 8.64. The van der Waals surface area contributed by atoms with E-state index in [4.69, 9.17) is 5.73 Å². The highest BCUT2D eigenvalue weighted by Crippen LogP contribution is 2.31. The first kappa shape index (κ1) is 13.6. The first-order valence-electron chi connectivity index (χ1n) is 7.38. The van der Waals surface area contributed by atoms with Gasteiger partial charge >= 0.3 is 0 Å². The summed E-state index contributed by atoms with van der Waals surface area (Å²) in [7, 11) is 0. The van der Waals surface area contributed by atoms with Crippen molar-refractivity contribution >= 4 is 0 Å². The number of nitrogens with zero attached hydrogens (tertiary/aromatic N) is 1. The van der Waals surface area contributed by atoms with Crippen molar-refractivity contribution in [1.29, 1.82) is 0 Å². The fraction of sp³-hybridized carbons (Fsp3) is 0.625. The van der Waals surface area contributed by atoms with Gasteiger partial charge in [-0.05, 0) is 43.4 Å². The zero-order valence-electron chi connectivity index (χ0n) is 11.6. The van der Waals surface area contributed by atoms with Crippen LogP contribution in [0.3, 0.4) is 0 Å². The van der Waals surface area contributed by atoms with Crippen molar-refractivity contribution in [2.24, 2.45) is 5.73 Å². The molecule has 0 spiro atoms. The highest BCUT2D eigenvalue weighted by atomic mass is 15.2. The number of benzene rings is 1. The van der Waals surface area contributed by atoms with Crippen LogP contribution in [0.25, 0.3) is 0 Å². The lowest BCUT2D eigenvalue weighted by molar-refractivity contribution is 0.264. The maximum Gasteiger partial charge on any atom is 0.0349 e. The molecule has 0 aromatic heterocycles. The van der Waals surface area contributed by atoms with E-state index in [1.54, 1.807) is 0 Å². The molecule has 1 aliphatic heterocycles. The molecule has 1 atom stereocenters. The predicted molar refractivity (Wildman–Crippen MR) is 77.7 cm³/mol. The fourth-order valence-electron chi connectivity index (χ4n) is 2.92. The Balaban J connectivity index is 1.99. The molecule has 2 nitrogen and oxygen atoms in total. The summed E-state index contributed by atoms with van der Waals surface area (Å²) in [6, 6.07) is 9.87. The van der Waals surface area contributed by atoms with Gasteiger partial charge in [-0.1, -0.05) is 37.6 Å². The molecule has 1 aromatic carbocycles. The summed E-state index contributed by atoms with van der Waals surface area (Å²) in [6.45, 7) is 5.25. The molecule has 0 bridgehead atoms. The molecule has 1 aromatic rings. The van der Waals surface area contributed by atoms with Crippen molar-refractivity contribution in [1.82, 2.24) is 4.90 Å². The lowest BCUT2D eigenvalue weighted by Gasteiger charge is -2.24. The average molecular weight is 246 g/mol. The predicted octanol–water partition coefficient (Wildman–Crippen LogP) is 3.12. The quantitative estimate of drug-likeness (QED) is 0.835. The summed E-state index contributed by atoms with van der Waals surface area (Å²) < 4.78 is 0. The molecule has 1 aliphatic rings. The molecule has 18 heavy (non-hydrogen) atoms. The van der Waals surface area contributed by atoms with E-state index < -0.39 is 0 Å². The van der Waals surface area contributed by atoms with E-state index >= 15 is 0 Å². The van der Waals surface area contributed by atoms with Crippen molar-refractivity contribution in [2.75, 3.05) is 19.6 Å². The average Bonchev–Trinajstić information content (AvgIpc) is 2.86. The van der Waals surface area contributed by atoms with Crippen LogP contribution < -0.4 is 5.73 Å². The van der Waals surface area contributed by atoms with Gasteiger partial charge in [0.05, 0.1) is 0 Å². The van der Waals surface area contributed by atoms with Gasteiger partial charge < -0.3 is 5.73 Å². The third-order valence-electron chi connectivity index (χ3n) is 3.96. The largest absolute Gasteiger partial charge is 0.329 e. The Kier molecular flexibility index (Phi) is 5.21. The van der Waals surface area contributed by atoms with Crippen molar-refractivity contribution in [3.8, 4) is 0 Å². The van der Waals surface area contributed by atoms with Gasteiger partial charge in [-0.15, -0.1) is 0 Å². The van der Waals surface area contributed by atoms with E-state index in [0.29, 0.717) is 6.04 Å². The van der Waals surface area contributed by atoms with Crippen molar-refractivity contribution in [2.45, 2.75) is 45.1 Å². The monoisotopic (exact) mass is 246 g/mol. The Morgan fingerprint density at radius 2 is 2.06 bits per heavy atom. The summed E-state index contributed by atoms with van der Waals surface area (Å²) in [6.07, 6.45) is 6.38. The van der Waals surface area contributed by atoms with Crippen molar-refractivity contribution < 1.29 is 0 Å². The second-order valence-electron chi connectivity index (χ2n) is 5.33. The summed E-state index contributed by atoms with van der Waals surface area (Å²) in [5, 5.41) is 0. The Morgan fingerprint density at radius 1 is 1.28 bits per heavy atom. The topological polar surface area (TPSA) is 29.3 Å². The SMILES string of the molecule is CCCCc1ccc(C2CCCN2CCN)cc1. The molecule has 0 radical (unpaired) electrons. The highest BCUT2D eigenvalue weighted by Gasteiger charge is 2.24. The summed E-state index contributed by atoms with van der Waals surface area (Å²) in [5.74, 6) is 0. The molecule has 0 amide bonds. The van der Waals surface area contributed by atoms with Crippen LogP contribution in [-0.4, -0.2) is 24.5 Å². The third-order valence-corrected chi connectivity index (χ3v) is 3.96. The fourth-order valence-corrected chi connectivity index (χ4v) is 2.92. The first-order valence-corrected chi connectivity index (χ1v) is 7.38. The number of hydrogen-bond donors (Lipinski definition) is 1. The van der Waals surface area contributed by atoms with Gasteiger partial charge in [0.25, 0.3) is 0 Å². The molecule has 1 saturated heterocycles. The number of nitrogens with two attached hydrogens (primary N) is 1. The maximum absolute atomic E-state index is 5.69. The van der Waals surface area contributed by atoms with Crippen LogP contribution in [0.5, 0.6) is 0 Å². The molecule has 0 aliphatic carbocycles. The van der Waals surface area contributed by atoms with Crippen LogP contribution in [0.15, 0.2) is 24.3 Å². The number of hydrogen-bond acceptors (Lipinski definition) is 2. The second-order valence-corrected chi connectivity index (χ2v) is 5.33. The molecule has 0 saturated carbocycles. The third kappa shape index (κ3) is 3.33. The van der Waals surface area contributed by atoms with Gasteiger partial charge in [0.1, 0.15) is 0 Å². The van der Waals surface area contributed by atoms with Gasteiger partial charge in [-0.3, -0.25) is 4.90 Å². The zero-order chi connectivity index (χ0) is 12.8. The molecular weight excluding hydrogens is 220 g/mol. The van der Waals surface area contributed by atoms with Gasteiger partial charge in [0.15, 0.2) is 0 Å². The normalized spacial score (nSPS) is 20.4. The van der Waals surface area contributed by atoms with Gasteiger partial charge in [0.2, 0.25) is 0 Å². The van der Waals surface area contributed by atoms with Crippen LogP contribution in [0.4, 0.5) is 0 Å². The zero-order valence-corrected chi connectivity index (χ0v) is 11.6. The molecule has 2 heteroatoms. The maximum atomic E-state index is 5.69. The second kappa shape index (κ2) is 6.91. The van der Waals surface area contributed by atoms with Crippen LogP contribution >= 0.6 is 0 Å². The molecule has 1 heterocycles. The van der Waals surface area contributed by atoms with E-state index in [2.05, 4.69) is 36.1 Å². The minimum Gasteiger partial charge on any atom is -0.329 e. The van der Waals surface area contributed by atoms with E-state index in [9.17, 15) is 0 Å². The number of rotatable bonds is 6. The molecule has 1 fully saturated rings. The molecular formula is C16H26N2. The van der Waals surface area contributed by atoms with Gasteiger partial charge in [0, 0.05) is 19.1 Å². The smallest absolute Gasteiger partial charge is 0.0349 e. The molecule has 1 unspecified atom stereocenters. The first-order chi connectivity index (χ1) is 8.85. The minimum atomic E-state index is 0.605. The van der Waals surface area contributed by atoms with E-state index in [-0.39, 0.29) is 0 Å². The van der Waals surface area contributed by atoms with E-state index in [0.717, 1.165) is 13.1 Å². The highest BCUT2D eigenvalue weighted by molar-refractivity contribution is 5.26. The van der Waals surface area contributed by atoms with E-state index in [1.807, 2.05) is 0 Å². The number of unbranched alkanes of at least 4 members (excludes halogenated alkanes) is 1. The number of aryl methyl sites for hydroxylation is 1. The Morgan fingerprint density at radius 3 is 2.72 bits per heavy atom. The standard InChI is InChI=1S/C16H26N2/c1-2-3-5-14-7-9-15(10-8-14)16-6-4-12-18(16)13-11-17/h7-10,16H,2-6,11-13,17H2,1H3. The minimum absolute atomic E-state index is 0.605. The summed E-state index contributed by atoms with van der Waals surface area (Å²) in [4.78, 5) is 2.53. The van der Waals surface area contributed by atoms with Crippen LogP contribution in [0, 0.1) is 0 Å². The van der Waals surface area contributed by atoms with Crippen LogP contribution in [0.1, 0.15) is 49.8 Å². The van der Waals surface area contributed by atoms with Crippen LogP contribution in [-0.2, 0) is 6.42 Å². The Hall–Kier alpha value is -0.860. The molecule has 100 valence electrons. The van der Waals surface area contributed by atoms with Gasteiger partial charge in [-0.25, -0.2) is 0 Å². The van der Waals surface area contributed by atoms with Crippen molar-refractivity contribution in [3.05, 3.63) is 35.4 Å². The molecule has 2 N–H and O–H groups in total. The Labute approximate surface area is 111 Å². The number of likely N-dealkylation sites (tertiary alicyclic amines) is 1. The lowest BCUT2D eigenvalue weighted by atomic mass is 10.0. The lowest BCUT2D eigenvalue weighted by Crippen LogP contribution is -2.29. The van der Waals surface area contributed by atoms with Crippen molar-refractivity contribution in [3.63, 3.8) is 0 Å². The molecule has 2 rings (SSSR count). The van der Waals surface area contributed by atoms with Crippen LogP contribution in [0.2, 0.25) is 0 Å².